The van der Waals surface area contributed by atoms with Crippen LogP contribution in [0, 0.1) is 13.8 Å². The van der Waals surface area contributed by atoms with Crippen molar-refractivity contribution in [1.29, 1.82) is 0 Å². The normalized spacial score (nSPS) is 10.7. The summed E-state index contributed by atoms with van der Waals surface area (Å²) < 4.78 is 5.46. The van der Waals surface area contributed by atoms with Gasteiger partial charge in [0, 0.05) is 12.0 Å². The van der Waals surface area contributed by atoms with Gasteiger partial charge in [0.25, 0.3) is 0 Å². The van der Waals surface area contributed by atoms with E-state index in [0.29, 0.717) is 6.54 Å². The minimum Gasteiger partial charge on any atom is -0.496 e. The molecule has 4 nitrogen and oxygen atoms in total. The Morgan fingerprint density at radius 3 is 2.68 bits per heavy atom. The van der Waals surface area contributed by atoms with Gasteiger partial charge in [-0.05, 0) is 50.1 Å². The minimum atomic E-state index is 0.684. The predicted octanol–water partition coefficient (Wildman–Crippen LogP) is 2.59. The molecular formula is C15H21N3O. The molecule has 4 heteroatoms. The van der Waals surface area contributed by atoms with Gasteiger partial charge in [-0.2, -0.15) is 0 Å². The van der Waals surface area contributed by atoms with Crippen molar-refractivity contribution in [2.75, 3.05) is 13.7 Å². The molecule has 0 radical (unpaired) electrons. The fourth-order valence-electron chi connectivity index (χ4n) is 2.06. The average Bonchev–Trinajstić information content (AvgIpc) is 2.87. The van der Waals surface area contributed by atoms with Crippen molar-refractivity contribution in [2.24, 2.45) is 5.73 Å². The Kier molecular flexibility index (Phi) is 4.22. The van der Waals surface area contributed by atoms with Crippen LogP contribution in [0.15, 0.2) is 18.3 Å². The molecule has 0 unspecified atom stereocenters. The summed E-state index contributed by atoms with van der Waals surface area (Å²) in [5.74, 6) is 1.85. The number of nitrogens with zero attached hydrogens (tertiary/aromatic N) is 1. The number of ether oxygens (including phenoxy) is 1. The SMILES string of the molecule is COc1cc(C)c(C)cc1-c1cnc(CCCN)[nH]1. The van der Waals surface area contributed by atoms with Gasteiger partial charge in [0.05, 0.1) is 19.0 Å². The second-order valence-electron chi connectivity index (χ2n) is 4.77. The number of hydrogen-bond donors (Lipinski definition) is 2. The van der Waals surface area contributed by atoms with Crippen LogP contribution in [0.25, 0.3) is 11.3 Å². The van der Waals surface area contributed by atoms with Crippen LogP contribution >= 0.6 is 0 Å². The van der Waals surface area contributed by atoms with Crippen molar-refractivity contribution in [3.63, 3.8) is 0 Å². The van der Waals surface area contributed by atoms with Crippen molar-refractivity contribution in [3.8, 4) is 17.0 Å². The smallest absolute Gasteiger partial charge is 0.128 e. The number of nitrogens with one attached hydrogen (secondary N) is 1. The summed E-state index contributed by atoms with van der Waals surface area (Å²) >= 11 is 0. The molecule has 0 amide bonds. The van der Waals surface area contributed by atoms with E-state index in [1.165, 1.54) is 11.1 Å². The lowest BCUT2D eigenvalue weighted by Crippen LogP contribution is -2.01. The van der Waals surface area contributed by atoms with Crippen molar-refractivity contribution < 1.29 is 4.74 Å². The highest BCUT2D eigenvalue weighted by Crippen LogP contribution is 2.31. The van der Waals surface area contributed by atoms with E-state index in [2.05, 4.69) is 35.9 Å². The van der Waals surface area contributed by atoms with Gasteiger partial charge in [0.1, 0.15) is 11.6 Å². The third-order valence-corrected chi connectivity index (χ3v) is 3.35. The molecule has 0 aliphatic carbocycles. The highest BCUT2D eigenvalue weighted by atomic mass is 16.5. The van der Waals surface area contributed by atoms with E-state index in [9.17, 15) is 0 Å². The Labute approximate surface area is 114 Å². The van der Waals surface area contributed by atoms with Crippen molar-refractivity contribution in [3.05, 3.63) is 35.3 Å². The average molecular weight is 259 g/mol. The van der Waals surface area contributed by atoms with E-state index in [1.54, 1.807) is 7.11 Å². The number of aryl methyl sites for hydroxylation is 3. The van der Waals surface area contributed by atoms with Crippen LogP contribution < -0.4 is 10.5 Å². The van der Waals surface area contributed by atoms with Crippen LogP contribution in [-0.4, -0.2) is 23.6 Å². The summed E-state index contributed by atoms with van der Waals surface area (Å²) in [5, 5.41) is 0. The van der Waals surface area contributed by atoms with Crippen LogP contribution in [0.4, 0.5) is 0 Å². The van der Waals surface area contributed by atoms with E-state index in [1.807, 2.05) is 6.20 Å². The summed E-state index contributed by atoms with van der Waals surface area (Å²) in [4.78, 5) is 7.73. The van der Waals surface area contributed by atoms with E-state index in [0.717, 1.165) is 35.7 Å². The third kappa shape index (κ3) is 2.96. The molecule has 2 rings (SSSR count). The number of hydrogen-bond acceptors (Lipinski definition) is 3. The molecule has 1 heterocycles. The van der Waals surface area contributed by atoms with Gasteiger partial charge in [0.2, 0.25) is 0 Å². The zero-order chi connectivity index (χ0) is 13.8. The predicted molar refractivity (Wildman–Crippen MR) is 77.4 cm³/mol. The number of H-pyrrole nitrogens is 1. The van der Waals surface area contributed by atoms with Gasteiger partial charge in [-0.3, -0.25) is 0 Å². The number of methoxy groups -OCH3 is 1. The van der Waals surface area contributed by atoms with Crippen molar-refractivity contribution in [1.82, 2.24) is 9.97 Å². The van der Waals surface area contributed by atoms with E-state index in [-0.39, 0.29) is 0 Å². The van der Waals surface area contributed by atoms with Crippen LogP contribution in [0.5, 0.6) is 5.75 Å². The molecular weight excluding hydrogens is 238 g/mol. The molecule has 1 aromatic heterocycles. The molecule has 0 aliphatic rings. The van der Waals surface area contributed by atoms with Crippen LogP contribution in [0.3, 0.4) is 0 Å². The van der Waals surface area contributed by atoms with E-state index >= 15 is 0 Å². The highest BCUT2D eigenvalue weighted by Gasteiger charge is 2.10. The second kappa shape index (κ2) is 5.89. The van der Waals surface area contributed by atoms with Crippen LogP contribution in [0.2, 0.25) is 0 Å². The number of aromatic nitrogens is 2. The maximum Gasteiger partial charge on any atom is 0.128 e. The third-order valence-electron chi connectivity index (χ3n) is 3.35. The number of benzene rings is 1. The largest absolute Gasteiger partial charge is 0.496 e. The first kappa shape index (κ1) is 13.6. The first-order valence-electron chi connectivity index (χ1n) is 6.55. The molecule has 102 valence electrons. The van der Waals surface area contributed by atoms with Crippen molar-refractivity contribution in [2.45, 2.75) is 26.7 Å². The van der Waals surface area contributed by atoms with Gasteiger partial charge < -0.3 is 15.5 Å². The first-order valence-corrected chi connectivity index (χ1v) is 6.55. The number of aromatic amines is 1. The Bertz CT molecular complexity index is 561. The van der Waals surface area contributed by atoms with E-state index < -0.39 is 0 Å². The number of imidazole rings is 1. The van der Waals surface area contributed by atoms with E-state index in [4.69, 9.17) is 10.5 Å². The second-order valence-corrected chi connectivity index (χ2v) is 4.77. The molecule has 0 atom stereocenters. The summed E-state index contributed by atoms with van der Waals surface area (Å²) in [6.45, 7) is 4.87. The van der Waals surface area contributed by atoms with Gasteiger partial charge in [0.15, 0.2) is 0 Å². The lowest BCUT2D eigenvalue weighted by atomic mass is 10.0. The molecule has 2 aromatic rings. The molecule has 3 N–H and O–H groups in total. The topological polar surface area (TPSA) is 63.9 Å². The molecule has 0 saturated carbocycles. The molecule has 0 bridgehead atoms. The minimum absolute atomic E-state index is 0.684. The Morgan fingerprint density at radius 2 is 2.00 bits per heavy atom. The first-order chi connectivity index (χ1) is 9.15. The zero-order valence-electron chi connectivity index (χ0n) is 11.8. The summed E-state index contributed by atoms with van der Waals surface area (Å²) in [6.07, 6.45) is 3.68. The molecule has 0 saturated heterocycles. The quantitative estimate of drug-likeness (QED) is 0.867. The fourth-order valence-corrected chi connectivity index (χ4v) is 2.06. The molecule has 0 fully saturated rings. The molecule has 1 aromatic carbocycles. The van der Waals surface area contributed by atoms with Crippen LogP contribution in [-0.2, 0) is 6.42 Å². The monoisotopic (exact) mass is 259 g/mol. The number of nitrogens with two attached hydrogens (primary N) is 1. The standard InChI is InChI=1S/C15H21N3O/c1-10-7-12(14(19-3)8-11(10)2)13-9-17-15(18-13)5-4-6-16/h7-9H,4-6,16H2,1-3H3,(H,17,18). The molecule has 0 spiro atoms. The van der Waals surface area contributed by atoms with Gasteiger partial charge in [-0.25, -0.2) is 4.98 Å². The van der Waals surface area contributed by atoms with Gasteiger partial charge in [-0.15, -0.1) is 0 Å². The summed E-state index contributed by atoms with van der Waals surface area (Å²) in [7, 11) is 1.69. The molecule has 19 heavy (non-hydrogen) atoms. The summed E-state index contributed by atoms with van der Waals surface area (Å²) in [6, 6.07) is 4.19. The van der Waals surface area contributed by atoms with Crippen LogP contribution in [0.1, 0.15) is 23.4 Å². The Balaban J connectivity index is 2.35. The fraction of sp³-hybridized carbons (Fsp3) is 0.400. The van der Waals surface area contributed by atoms with Crippen molar-refractivity contribution >= 4 is 0 Å². The maximum atomic E-state index is 5.51. The number of rotatable bonds is 5. The highest BCUT2D eigenvalue weighted by molar-refractivity contribution is 5.68. The summed E-state index contributed by atoms with van der Waals surface area (Å²) in [5.41, 5.74) is 10.0. The lowest BCUT2D eigenvalue weighted by molar-refractivity contribution is 0.416. The van der Waals surface area contributed by atoms with Gasteiger partial charge >= 0.3 is 0 Å². The lowest BCUT2D eigenvalue weighted by Gasteiger charge is -2.10. The Hall–Kier alpha value is -1.81. The zero-order valence-corrected chi connectivity index (χ0v) is 11.8. The maximum absolute atomic E-state index is 5.51. The Morgan fingerprint density at radius 1 is 1.26 bits per heavy atom. The molecule has 0 aliphatic heterocycles. The van der Waals surface area contributed by atoms with Gasteiger partial charge in [-0.1, -0.05) is 0 Å².